The minimum absolute atomic E-state index is 0.177. The second-order valence-electron chi connectivity index (χ2n) is 6.06. The Labute approximate surface area is 172 Å². The molecule has 0 spiro atoms. The molecule has 0 aliphatic carbocycles. The van der Waals surface area contributed by atoms with Crippen LogP contribution in [0.15, 0.2) is 30.5 Å². The molecule has 2 aromatic rings. The Morgan fingerprint density at radius 2 is 1.81 bits per heavy atom. The number of nitro groups is 1. The number of benzene rings is 1. The Balaban J connectivity index is 1.87. The quantitative estimate of drug-likeness (QED) is 0.462. The topological polar surface area (TPSA) is 152 Å². The third-order valence-corrected chi connectivity index (χ3v) is 3.81. The molecule has 0 atom stereocenters. The molecule has 166 valence electrons. The normalized spacial score (nSPS) is 10.9. The van der Waals surface area contributed by atoms with Crippen LogP contribution >= 0.6 is 0 Å². The number of carbonyl (C=O) groups is 3. The highest BCUT2D eigenvalue weighted by molar-refractivity contribution is 5.98. The van der Waals surface area contributed by atoms with Crippen molar-refractivity contribution in [2.45, 2.75) is 6.18 Å². The van der Waals surface area contributed by atoms with Crippen molar-refractivity contribution in [3.63, 3.8) is 0 Å². The number of alkyl halides is 3. The molecule has 0 saturated carbocycles. The summed E-state index contributed by atoms with van der Waals surface area (Å²) in [6, 6.07) is 4.17. The molecule has 1 heterocycles. The van der Waals surface area contributed by atoms with E-state index in [9.17, 15) is 37.7 Å². The number of carbonyl (C=O) groups excluding carboxylic acids is 3. The summed E-state index contributed by atoms with van der Waals surface area (Å²) in [5.41, 5.74) is 1.95. The van der Waals surface area contributed by atoms with E-state index in [0.717, 1.165) is 15.8 Å². The van der Waals surface area contributed by atoms with Crippen molar-refractivity contribution in [3.05, 3.63) is 51.8 Å². The van der Waals surface area contributed by atoms with Crippen LogP contribution in [0.5, 0.6) is 0 Å². The first-order chi connectivity index (χ1) is 14.4. The van der Waals surface area contributed by atoms with Gasteiger partial charge in [0.15, 0.2) is 5.69 Å². The van der Waals surface area contributed by atoms with Gasteiger partial charge >= 0.3 is 12.2 Å². The second kappa shape index (κ2) is 9.10. The number of aryl methyl sites for hydroxylation is 1. The van der Waals surface area contributed by atoms with E-state index in [1.54, 1.807) is 0 Å². The van der Waals surface area contributed by atoms with Gasteiger partial charge in [-0.3, -0.25) is 34.7 Å². The van der Waals surface area contributed by atoms with Gasteiger partial charge in [0.05, 0.1) is 17.0 Å². The summed E-state index contributed by atoms with van der Waals surface area (Å²) in [5.74, 6) is -2.10. The number of amides is 4. The van der Waals surface area contributed by atoms with Gasteiger partial charge in [-0.05, 0) is 12.1 Å². The standard InChI is InChI=1S/C16H16F3N7O5/c1-24-8-11(13(23-24)16(17,18)19)14(28)20-7-12(27)21-22-15(29)25(2)9-3-5-10(6-4-9)26(30)31/h3-6,8H,7H2,1-2H3,(H,20,28)(H,21,27)(H,22,29). The SMILES string of the molecule is CN(C(=O)NNC(=O)CNC(=O)c1cn(C)nc1C(F)(F)F)c1ccc([N+](=O)[O-])cc1. The molecule has 1 aromatic heterocycles. The Kier molecular flexibility index (Phi) is 6.79. The van der Waals surface area contributed by atoms with Crippen molar-refractivity contribution in [1.82, 2.24) is 25.9 Å². The van der Waals surface area contributed by atoms with E-state index in [-0.39, 0.29) is 11.4 Å². The molecule has 0 aliphatic heterocycles. The summed E-state index contributed by atoms with van der Waals surface area (Å²) < 4.78 is 39.5. The highest BCUT2D eigenvalue weighted by Gasteiger charge is 2.39. The highest BCUT2D eigenvalue weighted by atomic mass is 19.4. The number of nitrogens with zero attached hydrogens (tertiary/aromatic N) is 4. The summed E-state index contributed by atoms with van der Waals surface area (Å²) in [7, 11) is 2.53. The van der Waals surface area contributed by atoms with Crippen molar-refractivity contribution in [1.29, 1.82) is 0 Å². The number of anilines is 1. The van der Waals surface area contributed by atoms with Gasteiger partial charge in [-0.25, -0.2) is 10.2 Å². The Bertz CT molecular complexity index is 1000. The number of hydrogen-bond acceptors (Lipinski definition) is 6. The monoisotopic (exact) mass is 443 g/mol. The number of urea groups is 1. The molecule has 0 bridgehead atoms. The third kappa shape index (κ3) is 5.91. The molecular weight excluding hydrogens is 427 g/mol. The summed E-state index contributed by atoms with van der Waals surface area (Å²) >= 11 is 0. The number of hydrazine groups is 1. The minimum Gasteiger partial charge on any atom is -0.343 e. The number of nitrogens with one attached hydrogen (secondary N) is 3. The molecule has 0 fully saturated rings. The van der Waals surface area contributed by atoms with Crippen molar-refractivity contribution >= 4 is 29.2 Å². The van der Waals surface area contributed by atoms with Crippen LogP contribution in [0.4, 0.5) is 29.3 Å². The summed E-state index contributed by atoms with van der Waals surface area (Å²) in [6.45, 7) is -0.730. The van der Waals surface area contributed by atoms with Crippen LogP contribution in [0.3, 0.4) is 0 Å². The zero-order chi connectivity index (χ0) is 23.3. The Morgan fingerprint density at radius 1 is 1.19 bits per heavy atom. The first-order valence-electron chi connectivity index (χ1n) is 8.36. The third-order valence-electron chi connectivity index (χ3n) is 3.81. The average Bonchev–Trinajstić information content (AvgIpc) is 3.12. The van der Waals surface area contributed by atoms with E-state index in [1.165, 1.54) is 38.4 Å². The summed E-state index contributed by atoms with van der Waals surface area (Å²) in [6.07, 6.45) is -4.00. The van der Waals surface area contributed by atoms with E-state index >= 15 is 0 Å². The largest absolute Gasteiger partial charge is 0.435 e. The van der Waals surface area contributed by atoms with Crippen LogP contribution in [-0.4, -0.2) is 46.1 Å². The predicted octanol–water partition coefficient (Wildman–Crippen LogP) is 0.954. The lowest BCUT2D eigenvalue weighted by atomic mass is 10.2. The van der Waals surface area contributed by atoms with E-state index in [1.807, 2.05) is 16.2 Å². The number of rotatable bonds is 5. The molecule has 15 heteroatoms. The van der Waals surface area contributed by atoms with E-state index < -0.39 is 46.7 Å². The summed E-state index contributed by atoms with van der Waals surface area (Å²) in [5, 5.41) is 15.8. The number of non-ortho nitro benzene ring substituents is 1. The van der Waals surface area contributed by atoms with Gasteiger partial charge < -0.3 is 5.32 Å². The van der Waals surface area contributed by atoms with Gasteiger partial charge in [-0.2, -0.15) is 18.3 Å². The maximum absolute atomic E-state index is 12.9. The summed E-state index contributed by atoms with van der Waals surface area (Å²) in [4.78, 5) is 46.8. The van der Waals surface area contributed by atoms with E-state index in [4.69, 9.17) is 0 Å². The van der Waals surface area contributed by atoms with Crippen LogP contribution in [-0.2, 0) is 18.0 Å². The van der Waals surface area contributed by atoms with Crippen LogP contribution in [0.25, 0.3) is 0 Å². The molecule has 3 N–H and O–H groups in total. The van der Waals surface area contributed by atoms with Crippen molar-refractivity contribution in [2.24, 2.45) is 7.05 Å². The van der Waals surface area contributed by atoms with Gasteiger partial charge in [0.2, 0.25) is 0 Å². The smallest absolute Gasteiger partial charge is 0.343 e. The fourth-order valence-electron chi connectivity index (χ4n) is 2.29. The second-order valence-corrected chi connectivity index (χ2v) is 6.06. The first kappa shape index (κ1) is 23.1. The highest BCUT2D eigenvalue weighted by Crippen LogP contribution is 2.30. The molecular formula is C16H16F3N7O5. The molecule has 12 nitrogen and oxygen atoms in total. The molecule has 0 saturated heterocycles. The molecule has 1 aromatic carbocycles. The van der Waals surface area contributed by atoms with Gasteiger partial charge in [-0.15, -0.1) is 0 Å². The van der Waals surface area contributed by atoms with Gasteiger partial charge in [0, 0.05) is 38.1 Å². The van der Waals surface area contributed by atoms with Gasteiger partial charge in [0.1, 0.15) is 0 Å². The fourth-order valence-corrected chi connectivity index (χ4v) is 2.29. The van der Waals surface area contributed by atoms with Gasteiger partial charge in [0.25, 0.3) is 17.5 Å². The Hall–Kier alpha value is -4.17. The Morgan fingerprint density at radius 3 is 2.35 bits per heavy atom. The molecule has 0 unspecified atom stereocenters. The molecule has 2 rings (SSSR count). The van der Waals surface area contributed by atoms with Crippen molar-refractivity contribution < 1.29 is 32.5 Å². The molecule has 0 radical (unpaired) electrons. The number of nitro benzene ring substituents is 1. The molecule has 31 heavy (non-hydrogen) atoms. The van der Waals surface area contributed by atoms with Crippen LogP contribution in [0.1, 0.15) is 16.1 Å². The van der Waals surface area contributed by atoms with Crippen LogP contribution < -0.4 is 21.1 Å². The molecule has 4 amide bonds. The lowest BCUT2D eigenvalue weighted by molar-refractivity contribution is -0.384. The number of halogens is 3. The van der Waals surface area contributed by atoms with E-state index in [2.05, 4.69) is 5.10 Å². The average molecular weight is 443 g/mol. The predicted molar refractivity (Wildman–Crippen MR) is 98.7 cm³/mol. The first-order valence-corrected chi connectivity index (χ1v) is 8.36. The lowest BCUT2D eigenvalue weighted by Gasteiger charge is -2.18. The van der Waals surface area contributed by atoms with Crippen LogP contribution in [0.2, 0.25) is 0 Å². The maximum Gasteiger partial charge on any atom is 0.435 e. The van der Waals surface area contributed by atoms with Crippen molar-refractivity contribution in [2.75, 3.05) is 18.5 Å². The molecule has 0 aliphatic rings. The zero-order valence-corrected chi connectivity index (χ0v) is 16.1. The van der Waals surface area contributed by atoms with Gasteiger partial charge in [-0.1, -0.05) is 0 Å². The van der Waals surface area contributed by atoms with Crippen molar-refractivity contribution in [3.8, 4) is 0 Å². The fraction of sp³-hybridized carbons (Fsp3) is 0.250. The zero-order valence-electron chi connectivity index (χ0n) is 16.1. The number of aromatic nitrogens is 2. The maximum atomic E-state index is 12.9. The number of hydrogen-bond donors (Lipinski definition) is 3. The van der Waals surface area contributed by atoms with E-state index in [0.29, 0.717) is 0 Å². The lowest BCUT2D eigenvalue weighted by Crippen LogP contribution is -2.50. The van der Waals surface area contributed by atoms with Crippen LogP contribution in [0, 0.1) is 10.1 Å². The minimum atomic E-state index is -4.85.